The normalized spacial score (nSPS) is 11.8. The zero-order valence-electron chi connectivity index (χ0n) is 19.6. The second-order valence-corrected chi connectivity index (χ2v) is 8.60. The second kappa shape index (κ2) is 10.9. The van der Waals surface area contributed by atoms with Crippen molar-refractivity contribution in [1.82, 2.24) is 4.90 Å². The molecule has 0 fully saturated rings. The summed E-state index contributed by atoms with van der Waals surface area (Å²) in [6.07, 6.45) is 0.761. The Kier molecular flexibility index (Phi) is 7.99. The molecule has 0 bridgehead atoms. The Labute approximate surface area is 195 Å². The van der Waals surface area contributed by atoms with Crippen molar-refractivity contribution in [3.05, 3.63) is 101 Å². The van der Waals surface area contributed by atoms with Gasteiger partial charge in [0.15, 0.2) is 0 Å². The van der Waals surface area contributed by atoms with Gasteiger partial charge in [0.1, 0.15) is 11.9 Å². The van der Waals surface area contributed by atoms with Gasteiger partial charge in [0.25, 0.3) is 11.8 Å². The van der Waals surface area contributed by atoms with Gasteiger partial charge in [0, 0.05) is 12.2 Å². The number of hydrogen-bond acceptors (Lipinski definition) is 2. The molecular weight excluding hydrogens is 415 g/mol. The van der Waals surface area contributed by atoms with Crippen molar-refractivity contribution in [2.24, 2.45) is 5.92 Å². The first-order valence-corrected chi connectivity index (χ1v) is 11.3. The number of halogens is 1. The summed E-state index contributed by atoms with van der Waals surface area (Å²) in [6.45, 7) is 8.22. The summed E-state index contributed by atoms with van der Waals surface area (Å²) in [4.78, 5) is 28.8. The molecular formula is C28H31FN2O2. The van der Waals surface area contributed by atoms with Crippen molar-refractivity contribution in [1.29, 1.82) is 0 Å². The van der Waals surface area contributed by atoms with E-state index in [2.05, 4.69) is 5.32 Å². The number of rotatable bonds is 8. The van der Waals surface area contributed by atoms with Gasteiger partial charge in [-0.05, 0) is 48.1 Å². The molecule has 172 valence electrons. The van der Waals surface area contributed by atoms with Crippen LogP contribution < -0.4 is 5.32 Å². The standard InChI is InChI=1S/C28H31FN2O2/c1-5-21-15-11-12-20(4)25(21)30-27(32)26(22-13-7-6-8-14-22)31(18-19(2)3)28(33)23-16-9-10-17-24(23)29/h6-17,19,26H,5,18H2,1-4H3,(H,30,32)/t26-/m0/s1. The zero-order chi connectivity index (χ0) is 24.0. The van der Waals surface area contributed by atoms with Crippen LogP contribution in [-0.2, 0) is 11.2 Å². The molecule has 0 aliphatic carbocycles. The molecule has 0 aromatic heterocycles. The van der Waals surface area contributed by atoms with E-state index in [0.717, 1.165) is 23.2 Å². The number of hydrogen-bond donors (Lipinski definition) is 1. The third-order valence-electron chi connectivity index (χ3n) is 5.59. The van der Waals surface area contributed by atoms with E-state index in [1.54, 1.807) is 12.1 Å². The van der Waals surface area contributed by atoms with Crippen LogP contribution in [0.4, 0.5) is 10.1 Å². The first-order valence-electron chi connectivity index (χ1n) is 11.3. The van der Waals surface area contributed by atoms with Crippen LogP contribution in [-0.4, -0.2) is 23.3 Å². The van der Waals surface area contributed by atoms with Crippen molar-refractivity contribution in [2.45, 2.75) is 40.2 Å². The summed E-state index contributed by atoms with van der Waals surface area (Å²) < 4.78 is 14.6. The Hall–Kier alpha value is -3.47. The smallest absolute Gasteiger partial charge is 0.257 e. The van der Waals surface area contributed by atoms with E-state index in [9.17, 15) is 14.0 Å². The van der Waals surface area contributed by atoms with Gasteiger partial charge in [-0.15, -0.1) is 0 Å². The van der Waals surface area contributed by atoms with E-state index in [0.29, 0.717) is 12.1 Å². The summed E-state index contributed by atoms with van der Waals surface area (Å²) in [5, 5.41) is 3.08. The Bertz CT molecular complexity index is 1110. The molecule has 3 rings (SSSR count). The van der Waals surface area contributed by atoms with E-state index in [-0.39, 0.29) is 17.4 Å². The summed E-state index contributed by atoms with van der Waals surface area (Å²) in [5.41, 5.74) is 3.36. The highest BCUT2D eigenvalue weighted by molar-refractivity contribution is 6.02. The average molecular weight is 447 g/mol. The lowest BCUT2D eigenvalue weighted by atomic mass is 10.00. The fourth-order valence-corrected chi connectivity index (χ4v) is 3.99. The third-order valence-corrected chi connectivity index (χ3v) is 5.59. The van der Waals surface area contributed by atoms with Crippen LogP contribution in [0.15, 0.2) is 72.8 Å². The zero-order valence-corrected chi connectivity index (χ0v) is 19.6. The molecule has 0 aliphatic heterocycles. The van der Waals surface area contributed by atoms with Gasteiger partial charge in [-0.1, -0.05) is 81.4 Å². The predicted molar refractivity (Wildman–Crippen MR) is 131 cm³/mol. The van der Waals surface area contributed by atoms with Gasteiger partial charge in [-0.25, -0.2) is 4.39 Å². The predicted octanol–water partition coefficient (Wildman–Crippen LogP) is 6.17. The Morgan fingerprint density at radius 1 is 0.939 bits per heavy atom. The molecule has 5 heteroatoms. The molecule has 33 heavy (non-hydrogen) atoms. The molecule has 0 spiro atoms. The Morgan fingerprint density at radius 2 is 1.61 bits per heavy atom. The fourth-order valence-electron chi connectivity index (χ4n) is 3.99. The van der Waals surface area contributed by atoms with E-state index < -0.39 is 17.8 Å². The first kappa shape index (κ1) is 24.2. The van der Waals surface area contributed by atoms with Gasteiger partial charge < -0.3 is 10.2 Å². The lowest BCUT2D eigenvalue weighted by Crippen LogP contribution is -2.43. The van der Waals surface area contributed by atoms with Gasteiger partial charge in [0.2, 0.25) is 0 Å². The highest BCUT2D eigenvalue weighted by atomic mass is 19.1. The summed E-state index contributed by atoms with van der Waals surface area (Å²) in [7, 11) is 0. The fraction of sp³-hybridized carbons (Fsp3) is 0.286. The van der Waals surface area contributed by atoms with Gasteiger partial charge in [-0.3, -0.25) is 9.59 Å². The number of amides is 2. The number of nitrogens with one attached hydrogen (secondary N) is 1. The molecule has 0 radical (unpaired) electrons. The first-order chi connectivity index (χ1) is 15.8. The number of anilines is 1. The maximum Gasteiger partial charge on any atom is 0.257 e. The molecule has 4 nitrogen and oxygen atoms in total. The van der Waals surface area contributed by atoms with E-state index in [4.69, 9.17) is 0 Å². The van der Waals surface area contributed by atoms with E-state index >= 15 is 0 Å². The SMILES string of the molecule is CCc1cccc(C)c1NC(=O)[C@H](c1ccccc1)N(CC(C)C)C(=O)c1ccccc1F. The number of benzene rings is 3. The number of carbonyl (C=O) groups is 2. The van der Waals surface area contributed by atoms with Crippen LogP contribution >= 0.6 is 0 Å². The van der Waals surface area contributed by atoms with Crippen molar-refractivity contribution < 1.29 is 14.0 Å². The summed E-state index contributed by atoms with van der Waals surface area (Å²) in [6, 6.07) is 20.1. The minimum absolute atomic E-state index is 0.0444. The molecule has 0 saturated carbocycles. The third kappa shape index (κ3) is 5.67. The molecule has 0 unspecified atom stereocenters. The molecule has 0 aliphatic rings. The van der Waals surface area contributed by atoms with Gasteiger partial charge >= 0.3 is 0 Å². The van der Waals surface area contributed by atoms with E-state index in [1.165, 1.54) is 17.0 Å². The second-order valence-electron chi connectivity index (χ2n) is 8.60. The molecule has 3 aromatic rings. The van der Waals surface area contributed by atoms with E-state index in [1.807, 2.05) is 76.2 Å². The monoisotopic (exact) mass is 446 g/mol. The minimum atomic E-state index is -0.912. The van der Waals surface area contributed by atoms with Crippen LogP contribution in [0.5, 0.6) is 0 Å². The van der Waals surface area contributed by atoms with Crippen molar-refractivity contribution in [3.8, 4) is 0 Å². The number of aryl methyl sites for hydroxylation is 2. The maximum absolute atomic E-state index is 14.6. The number of nitrogens with zero attached hydrogens (tertiary/aromatic N) is 1. The molecule has 3 aromatic carbocycles. The minimum Gasteiger partial charge on any atom is -0.323 e. The van der Waals surface area contributed by atoms with Crippen LogP contribution in [0.3, 0.4) is 0 Å². The highest BCUT2D eigenvalue weighted by Gasteiger charge is 2.33. The Balaban J connectivity index is 2.09. The topological polar surface area (TPSA) is 49.4 Å². The number of para-hydroxylation sites is 1. The highest BCUT2D eigenvalue weighted by Crippen LogP contribution is 2.29. The molecule has 1 N–H and O–H groups in total. The molecule has 0 heterocycles. The average Bonchev–Trinajstić information content (AvgIpc) is 2.80. The van der Waals surface area contributed by atoms with Crippen molar-refractivity contribution in [3.63, 3.8) is 0 Å². The maximum atomic E-state index is 14.6. The molecule has 1 atom stereocenters. The van der Waals surface area contributed by atoms with Gasteiger partial charge in [0.05, 0.1) is 5.56 Å². The van der Waals surface area contributed by atoms with Crippen LogP contribution in [0.25, 0.3) is 0 Å². The number of carbonyl (C=O) groups excluding carboxylic acids is 2. The lowest BCUT2D eigenvalue weighted by molar-refractivity contribution is -0.121. The van der Waals surface area contributed by atoms with Gasteiger partial charge in [-0.2, -0.15) is 0 Å². The summed E-state index contributed by atoms with van der Waals surface area (Å²) in [5.74, 6) is -1.36. The summed E-state index contributed by atoms with van der Waals surface area (Å²) >= 11 is 0. The lowest BCUT2D eigenvalue weighted by Gasteiger charge is -2.33. The van der Waals surface area contributed by atoms with Crippen LogP contribution in [0, 0.1) is 18.7 Å². The van der Waals surface area contributed by atoms with Crippen molar-refractivity contribution in [2.75, 3.05) is 11.9 Å². The molecule has 0 saturated heterocycles. The largest absolute Gasteiger partial charge is 0.323 e. The van der Waals surface area contributed by atoms with Crippen LogP contribution in [0.2, 0.25) is 0 Å². The quantitative estimate of drug-likeness (QED) is 0.449. The molecule has 2 amide bonds. The Morgan fingerprint density at radius 3 is 2.24 bits per heavy atom. The van der Waals surface area contributed by atoms with Crippen molar-refractivity contribution >= 4 is 17.5 Å². The van der Waals surface area contributed by atoms with Crippen LogP contribution in [0.1, 0.15) is 53.9 Å².